The van der Waals surface area contributed by atoms with Crippen LogP contribution >= 0.6 is 52.9 Å². The summed E-state index contributed by atoms with van der Waals surface area (Å²) in [5.41, 5.74) is 5.50. The number of hydrogen-bond donors (Lipinski definition) is 0. The van der Waals surface area contributed by atoms with Gasteiger partial charge in [0, 0.05) is 30.9 Å². The van der Waals surface area contributed by atoms with Crippen LogP contribution in [0.5, 0.6) is 17.2 Å². The van der Waals surface area contributed by atoms with Crippen LogP contribution in [0.2, 0.25) is 0 Å². The number of unbranched alkanes of at least 4 members (excludes halogenated alkanes) is 30. The molecule has 0 aromatic heterocycles. The Morgan fingerprint density at radius 3 is 1.04 bits per heavy atom. The molecule has 3 heterocycles. The first-order chi connectivity index (χ1) is 51.8. The van der Waals surface area contributed by atoms with Crippen LogP contribution in [0.3, 0.4) is 0 Å². The van der Waals surface area contributed by atoms with E-state index in [1.54, 1.807) is 14.2 Å². The molecule has 3 fully saturated rings. The lowest BCUT2D eigenvalue weighted by Gasteiger charge is -2.35. The Morgan fingerprint density at radius 1 is 0.409 bits per heavy atom. The Balaban J connectivity index is 0.000000465. The van der Waals surface area contributed by atoms with Gasteiger partial charge in [-0.1, -0.05) is 367 Å². The first-order valence-corrected chi connectivity index (χ1v) is 48.0. The zero-order valence-electron chi connectivity index (χ0n) is 73.9. The Bertz CT molecular complexity index is 2960. The molecule has 4 unspecified atom stereocenters. The number of benzene rings is 3. The Morgan fingerprint density at radius 2 is 0.709 bits per heavy atom. The minimum atomic E-state index is -1.79. The van der Waals surface area contributed by atoms with Gasteiger partial charge in [-0.3, -0.25) is 9.59 Å². The van der Waals surface area contributed by atoms with Gasteiger partial charge in [-0.05, 0) is 96.6 Å². The second-order valence-corrected chi connectivity index (χ2v) is 43.4. The summed E-state index contributed by atoms with van der Waals surface area (Å²) in [5.74, 6) is 2.39. The predicted molar refractivity (Wildman–Crippen MR) is 476 cm³/mol. The van der Waals surface area contributed by atoms with Crippen molar-refractivity contribution >= 4 is 63.9 Å². The zero-order chi connectivity index (χ0) is 82.1. The molecule has 0 saturated carbocycles. The van der Waals surface area contributed by atoms with Crippen molar-refractivity contribution in [1.82, 2.24) is 0 Å². The molecule has 1 spiro atoms. The summed E-state index contributed by atoms with van der Waals surface area (Å²) in [6, 6.07) is 19.0. The van der Waals surface area contributed by atoms with E-state index in [4.69, 9.17) is 49.8 Å². The third-order valence-electron chi connectivity index (χ3n) is 20.6. The lowest BCUT2D eigenvalue weighted by atomic mass is 9.80. The molecule has 6 rings (SSSR count). The van der Waals surface area contributed by atoms with Crippen molar-refractivity contribution in [2.75, 3.05) is 60.5 Å². The third kappa shape index (κ3) is 39.5. The van der Waals surface area contributed by atoms with Crippen molar-refractivity contribution in [1.29, 1.82) is 0 Å². The molecule has 110 heavy (non-hydrogen) atoms. The smallest absolute Gasteiger partial charge is 0.397 e. The van der Waals surface area contributed by atoms with Gasteiger partial charge in [0.1, 0.15) is 22.7 Å². The Labute approximate surface area is 683 Å². The molecule has 3 aromatic rings. The molecule has 0 amide bonds. The highest BCUT2D eigenvalue weighted by atomic mass is 31.2. The second-order valence-electron chi connectivity index (χ2n) is 37.4. The highest BCUT2D eigenvalue weighted by molar-refractivity contribution is 7.67. The van der Waals surface area contributed by atoms with Crippen molar-refractivity contribution < 1.29 is 63.9 Å². The van der Waals surface area contributed by atoms with E-state index in [9.17, 15) is 9.59 Å². The minimum absolute atomic E-state index is 0.00702. The monoisotopic (exact) mass is 1650 g/mol. The molecule has 20 heteroatoms. The van der Waals surface area contributed by atoms with Gasteiger partial charge >= 0.3 is 25.6 Å². The van der Waals surface area contributed by atoms with Gasteiger partial charge < -0.3 is 54.3 Å². The number of hydrogen-bond acceptors (Lipinski definition) is 14. The molecule has 3 aliphatic rings. The topological polar surface area (TPSA) is 145 Å². The fraction of sp³-hybridized carbons (Fsp3) is 0.778. The number of carbonyl (C=O) groups is 2. The molecule has 0 bridgehead atoms. The second kappa shape index (κ2) is 53.2. The fourth-order valence-electron chi connectivity index (χ4n) is 13.1. The Hall–Kier alpha value is -1.38. The van der Waals surface area contributed by atoms with E-state index < -0.39 is 44.8 Å². The molecule has 3 saturated heterocycles. The van der Waals surface area contributed by atoms with Crippen molar-refractivity contribution in [2.45, 2.75) is 383 Å². The standard InChI is InChI=1S/C42H84O6P2.C33H48O6P2.C14H23OP.CH5OP/c1-5-7-9-11-13-15-17-19-21-23-25-27-29-31-33-35-37-45-49(44-4)41(43)42(3)39-47-50(48-40-42)46-38-36-34-32-30-28-26-24-22-20-18-16-14-12-10-8-6-2;1-29(2,3)22-13-15-26(24(17-22)31(7,8)9)38-40-28(34)33(19-35-40)20-36-41(37-21-33)39-27-16-14-23(30(4,5)6)18-25(27)32(10,11)12;1-13(2,3)10-7-8-12(15-16)11(9-10)14(4,5)6;1-2-3/h5-40H2,1-4H3;13-18H,19-21H2,1-12H3;7-9H,16H2,1-6H3;3H2,1H3. The van der Waals surface area contributed by atoms with Gasteiger partial charge in [0.2, 0.25) is 19.4 Å². The van der Waals surface area contributed by atoms with Gasteiger partial charge in [0.25, 0.3) is 0 Å². The third-order valence-corrected chi connectivity index (χ3v) is 26.1. The predicted octanol–water partition coefficient (Wildman–Crippen LogP) is 29.6. The van der Waals surface area contributed by atoms with Crippen LogP contribution in [-0.4, -0.2) is 71.5 Å². The van der Waals surface area contributed by atoms with Crippen molar-refractivity contribution in [3.05, 3.63) is 88.0 Å². The summed E-state index contributed by atoms with van der Waals surface area (Å²) >= 11 is 0. The molecule has 0 aliphatic carbocycles. The molecule has 3 aromatic carbocycles. The molecule has 634 valence electrons. The van der Waals surface area contributed by atoms with Gasteiger partial charge in [-0.15, -0.1) is 0 Å². The van der Waals surface area contributed by atoms with Crippen molar-refractivity contribution in [2.24, 2.45) is 10.8 Å². The summed E-state index contributed by atoms with van der Waals surface area (Å²) in [6.07, 6.45) is 43.2. The lowest BCUT2D eigenvalue weighted by Crippen LogP contribution is -2.41. The van der Waals surface area contributed by atoms with Gasteiger partial charge in [-0.2, -0.15) is 0 Å². The number of rotatable bonds is 44. The van der Waals surface area contributed by atoms with Crippen LogP contribution in [0.1, 0.15) is 384 Å². The zero-order valence-corrected chi connectivity index (χ0v) is 79.8. The summed E-state index contributed by atoms with van der Waals surface area (Å²) < 4.78 is 69.3. The van der Waals surface area contributed by atoms with E-state index in [2.05, 4.69) is 204 Å². The maximum atomic E-state index is 13.6. The van der Waals surface area contributed by atoms with Gasteiger partial charge in [0.05, 0.1) is 61.1 Å². The van der Waals surface area contributed by atoms with E-state index in [0.29, 0.717) is 32.2 Å². The van der Waals surface area contributed by atoms with E-state index in [1.807, 2.05) is 19.1 Å². The van der Waals surface area contributed by atoms with Crippen LogP contribution in [-0.2, 0) is 82.8 Å². The van der Waals surface area contributed by atoms with Crippen molar-refractivity contribution in [3.8, 4) is 17.2 Å². The van der Waals surface area contributed by atoms with Crippen LogP contribution in [0.25, 0.3) is 0 Å². The van der Waals surface area contributed by atoms with Crippen LogP contribution < -0.4 is 13.6 Å². The first kappa shape index (κ1) is 103. The van der Waals surface area contributed by atoms with Crippen LogP contribution in [0.15, 0.2) is 54.6 Å². The van der Waals surface area contributed by atoms with E-state index >= 15 is 0 Å². The quantitative estimate of drug-likeness (QED) is 0.0391. The largest absolute Gasteiger partial charge is 0.480 e. The molecule has 0 N–H and O–H groups in total. The van der Waals surface area contributed by atoms with Crippen LogP contribution in [0.4, 0.5) is 0 Å². The SMILES string of the molecule is CC(C)(C)c1ccc(OP)c(C(C)(C)C)c1.CC(C)(C)c1ccc(OP2OCC3(CO2)COP(Oc2ccc(C(C)(C)C)cc2C(C)(C)C)C3=O)c(C(C)(C)C)c1.CCCCCCCCCCCCCCCCCCOP1OCC(C)(C(=O)P(OC)OCCCCCCCCCCCCCCCCCC)CO1.COP. The maximum Gasteiger partial charge on any atom is 0.397 e. The average molecular weight is 1650 g/mol. The first-order valence-electron chi connectivity index (χ1n) is 42.5. The van der Waals surface area contributed by atoms with E-state index in [1.165, 1.54) is 208 Å². The summed E-state index contributed by atoms with van der Waals surface area (Å²) in [7, 11) is 1.14. The Kier molecular flexibility index (Phi) is 49.7. The van der Waals surface area contributed by atoms with Crippen molar-refractivity contribution in [3.63, 3.8) is 0 Å². The molecule has 3 aliphatic heterocycles. The highest BCUT2D eigenvalue weighted by Gasteiger charge is 2.56. The fourth-order valence-corrected chi connectivity index (χ4v) is 18.6. The molecular formula is C90H160O14P6. The summed E-state index contributed by atoms with van der Waals surface area (Å²) in [4.78, 5) is 26.9. The minimum Gasteiger partial charge on any atom is -0.480 e. The normalized spacial score (nSPS) is 19.4. The lowest BCUT2D eigenvalue weighted by molar-refractivity contribution is -0.127. The summed E-state index contributed by atoms with van der Waals surface area (Å²) in [6.45, 7) is 48.3. The van der Waals surface area contributed by atoms with E-state index in [0.717, 1.165) is 41.9 Å². The number of carbonyl (C=O) groups excluding carboxylic acids is 2. The van der Waals surface area contributed by atoms with Gasteiger partial charge in [-0.25, -0.2) is 0 Å². The van der Waals surface area contributed by atoms with E-state index in [-0.39, 0.29) is 63.4 Å². The molecule has 4 atom stereocenters. The molecule has 0 radical (unpaired) electrons. The average Bonchev–Trinajstić information content (AvgIpc) is 1.56. The molecule has 14 nitrogen and oxygen atoms in total. The molecular weight excluding hydrogens is 1490 g/mol. The maximum absolute atomic E-state index is 13.6. The highest BCUT2D eigenvalue weighted by Crippen LogP contribution is 2.60. The summed E-state index contributed by atoms with van der Waals surface area (Å²) in [5, 5.41) is 0. The van der Waals surface area contributed by atoms with Gasteiger partial charge in [0.15, 0.2) is 0 Å². The van der Waals surface area contributed by atoms with Crippen LogP contribution in [0, 0.1) is 10.8 Å².